The van der Waals surface area contributed by atoms with Gasteiger partial charge in [0.25, 0.3) is 0 Å². The van der Waals surface area contributed by atoms with Crippen LogP contribution in [0.5, 0.6) is 11.5 Å². The van der Waals surface area contributed by atoms with Crippen LogP contribution in [0.1, 0.15) is 22.3 Å². The van der Waals surface area contributed by atoms with E-state index in [0.717, 1.165) is 16.9 Å². The van der Waals surface area contributed by atoms with Crippen LogP contribution in [-0.2, 0) is 5.41 Å². The third-order valence-electron chi connectivity index (χ3n) is 6.12. The first kappa shape index (κ1) is 20.3. The summed E-state index contributed by atoms with van der Waals surface area (Å²) in [4.78, 5) is 0. The molecule has 4 heteroatoms. The lowest BCUT2D eigenvalue weighted by Gasteiger charge is -2.34. The van der Waals surface area contributed by atoms with Crippen molar-refractivity contribution in [1.82, 2.24) is 0 Å². The van der Waals surface area contributed by atoms with Crippen LogP contribution < -0.4 is 9.47 Å². The summed E-state index contributed by atoms with van der Waals surface area (Å²) >= 11 is 0. The Kier molecular flexibility index (Phi) is 5.39. The molecule has 4 nitrogen and oxygen atoms in total. The fourth-order valence-corrected chi connectivity index (χ4v) is 4.86. The molecule has 0 saturated heterocycles. The van der Waals surface area contributed by atoms with E-state index < -0.39 is 5.41 Å². The Balaban J connectivity index is 1.76. The van der Waals surface area contributed by atoms with Gasteiger partial charge < -0.3 is 19.7 Å². The van der Waals surface area contributed by atoms with Crippen molar-refractivity contribution in [3.63, 3.8) is 0 Å². The van der Waals surface area contributed by atoms with Gasteiger partial charge in [0, 0.05) is 0 Å². The van der Waals surface area contributed by atoms with Gasteiger partial charge in [-0.1, -0.05) is 72.8 Å². The van der Waals surface area contributed by atoms with Crippen molar-refractivity contribution >= 4 is 0 Å². The van der Waals surface area contributed by atoms with Crippen LogP contribution in [0.3, 0.4) is 0 Å². The molecule has 4 aromatic rings. The molecule has 1 aliphatic rings. The number of benzene rings is 4. The van der Waals surface area contributed by atoms with Gasteiger partial charge in [-0.25, -0.2) is 0 Å². The minimum absolute atomic E-state index is 0.0191. The first-order valence-electron chi connectivity index (χ1n) is 10.7. The number of aliphatic hydroxyl groups is 2. The van der Waals surface area contributed by atoms with Crippen molar-refractivity contribution in [2.45, 2.75) is 5.41 Å². The van der Waals surface area contributed by atoms with Crippen LogP contribution in [0, 0.1) is 0 Å². The van der Waals surface area contributed by atoms with Crippen molar-refractivity contribution in [3.8, 4) is 22.6 Å². The van der Waals surface area contributed by atoms with Crippen molar-refractivity contribution in [2.75, 3.05) is 20.0 Å². The predicted molar refractivity (Wildman–Crippen MR) is 124 cm³/mol. The molecule has 0 bridgehead atoms. The fourth-order valence-electron chi connectivity index (χ4n) is 4.86. The molecule has 0 saturated carbocycles. The van der Waals surface area contributed by atoms with E-state index in [4.69, 9.17) is 19.7 Å². The lowest BCUT2D eigenvalue weighted by atomic mass is 9.68. The average molecular weight is 424 g/mol. The Morgan fingerprint density at radius 3 is 1.50 bits per heavy atom. The minimum Gasteiger partial charge on any atom is -0.491 e. The summed E-state index contributed by atoms with van der Waals surface area (Å²) in [5, 5.41) is 18.2. The fraction of sp³-hybridized carbons (Fsp3) is 0.143. The highest BCUT2D eigenvalue weighted by atomic mass is 16.6. The van der Waals surface area contributed by atoms with E-state index >= 15 is 0 Å². The maximum absolute atomic E-state index is 9.13. The van der Waals surface area contributed by atoms with Crippen LogP contribution in [0.25, 0.3) is 11.1 Å². The van der Waals surface area contributed by atoms with E-state index in [-0.39, 0.29) is 20.0 Å². The minimum atomic E-state index is -0.500. The standard InChI is InChI=1S/C28H24O4/c29-17-18-31-22-13-9-20(10-14-22)28(21-11-15-23(16-12-21)32-19-30)26-7-3-1-5-24(26)25-6-2-4-8-27(25)28/h1-16,29-30H,17-19H2. The monoisotopic (exact) mass is 424 g/mol. The zero-order valence-corrected chi connectivity index (χ0v) is 17.6. The normalized spacial score (nSPS) is 13.3. The molecule has 0 heterocycles. The maximum atomic E-state index is 9.13. The van der Waals surface area contributed by atoms with E-state index in [1.165, 1.54) is 22.3 Å². The zero-order valence-electron chi connectivity index (χ0n) is 17.6. The van der Waals surface area contributed by atoms with Crippen molar-refractivity contribution in [3.05, 3.63) is 119 Å². The van der Waals surface area contributed by atoms with Gasteiger partial charge in [-0.15, -0.1) is 0 Å². The molecule has 0 amide bonds. The highest BCUT2D eigenvalue weighted by Crippen LogP contribution is 2.56. The third kappa shape index (κ3) is 3.16. The second-order valence-electron chi connectivity index (χ2n) is 7.74. The molecular weight excluding hydrogens is 400 g/mol. The summed E-state index contributed by atoms with van der Waals surface area (Å²) in [7, 11) is 0. The van der Waals surface area contributed by atoms with E-state index in [9.17, 15) is 0 Å². The van der Waals surface area contributed by atoms with Crippen molar-refractivity contribution < 1.29 is 19.7 Å². The molecule has 0 aliphatic heterocycles. The smallest absolute Gasteiger partial charge is 0.186 e. The average Bonchev–Trinajstić information content (AvgIpc) is 3.15. The first-order chi connectivity index (χ1) is 15.8. The molecule has 0 spiro atoms. The quantitative estimate of drug-likeness (QED) is 0.370. The molecule has 1 aliphatic carbocycles. The number of aliphatic hydroxyl groups excluding tert-OH is 2. The van der Waals surface area contributed by atoms with Gasteiger partial charge >= 0.3 is 0 Å². The maximum Gasteiger partial charge on any atom is 0.186 e. The molecule has 0 aromatic heterocycles. The summed E-state index contributed by atoms with van der Waals surface area (Å²) in [6.45, 7) is -0.108. The Morgan fingerprint density at radius 2 is 1.03 bits per heavy atom. The second-order valence-corrected chi connectivity index (χ2v) is 7.74. The molecule has 0 fully saturated rings. The third-order valence-corrected chi connectivity index (χ3v) is 6.12. The Morgan fingerprint density at radius 1 is 0.562 bits per heavy atom. The Bertz CT molecular complexity index is 1170. The largest absolute Gasteiger partial charge is 0.491 e. The van der Waals surface area contributed by atoms with Crippen LogP contribution in [0.15, 0.2) is 97.1 Å². The highest BCUT2D eigenvalue weighted by molar-refractivity contribution is 5.86. The molecule has 5 rings (SSSR count). The van der Waals surface area contributed by atoms with E-state index in [2.05, 4.69) is 72.8 Å². The summed E-state index contributed by atoms with van der Waals surface area (Å²) < 4.78 is 10.9. The number of fused-ring (bicyclic) bond motifs is 3. The molecule has 160 valence electrons. The molecule has 0 radical (unpaired) electrons. The molecule has 0 unspecified atom stereocenters. The van der Waals surface area contributed by atoms with Gasteiger partial charge in [-0.3, -0.25) is 0 Å². The van der Waals surface area contributed by atoms with Gasteiger partial charge in [0.05, 0.1) is 12.0 Å². The number of rotatable bonds is 7. The van der Waals surface area contributed by atoms with Gasteiger partial charge in [0.15, 0.2) is 6.79 Å². The summed E-state index contributed by atoms with van der Waals surface area (Å²) in [5.74, 6) is 1.35. The lowest BCUT2D eigenvalue weighted by molar-refractivity contribution is 0.0985. The predicted octanol–water partition coefficient (Wildman–Crippen LogP) is 4.75. The van der Waals surface area contributed by atoms with Crippen LogP contribution in [0.4, 0.5) is 0 Å². The van der Waals surface area contributed by atoms with Crippen LogP contribution >= 0.6 is 0 Å². The van der Waals surface area contributed by atoms with Crippen LogP contribution in [0.2, 0.25) is 0 Å². The molecule has 2 N–H and O–H groups in total. The van der Waals surface area contributed by atoms with Gasteiger partial charge in [0.2, 0.25) is 0 Å². The molecule has 32 heavy (non-hydrogen) atoms. The summed E-state index contributed by atoms with van der Waals surface area (Å²) in [6.07, 6.45) is 0. The first-order valence-corrected chi connectivity index (χ1v) is 10.7. The zero-order chi connectivity index (χ0) is 22.0. The topological polar surface area (TPSA) is 58.9 Å². The molecule has 4 aromatic carbocycles. The Labute approximate surface area is 187 Å². The molecular formula is C28H24O4. The number of hydrogen-bond donors (Lipinski definition) is 2. The summed E-state index contributed by atoms with van der Waals surface area (Å²) in [6, 6.07) is 33.1. The van der Waals surface area contributed by atoms with Gasteiger partial charge in [0.1, 0.15) is 18.1 Å². The second kappa shape index (κ2) is 8.50. The van der Waals surface area contributed by atoms with Crippen LogP contribution in [-0.4, -0.2) is 30.2 Å². The van der Waals surface area contributed by atoms with Crippen molar-refractivity contribution in [1.29, 1.82) is 0 Å². The van der Waals surface area contributed by atoms with E-state index in [1.807, 2.05) is 24.3 Å². The number of hydrogen-bond acceptors (Lipinski definition) is 4. The highest BCUT2D eigenvalue weighted by Gasteiger charge is 2.45. The SMILES string of the molecule is OCCOc1ccc(C2(c3ccc(OCO)cc3)c3ccccc3-c3ccccc32)cc1. The number of ether oxygens (including phenoxy) is 2. The lowest BCUT2D eigenvalue weighted by Crippen LogP contribution is -2.28. The van der Waals surface area contributed by atoms with Gasteiger partial charge in [-0.2, -0.15) is 0 Å². The Hall–Kier alpha value is -3.60. The van der Waals surface area contributed by atoms with Gasteiger partial charge in [-0.05, 0) is 57.6 Å². The van der Waals surface area contributed by atoms with Crippen molar-refractivity contribution in [2.24, 2.45) is 0 Å². The van der Waals surface area contributed by atoms with E-state index in [1.54, 1.807) is 0 Å². The molecule has 0 atom stereocenters. The van der Waals surface area contributed by atoms with E-state index in [0.29, 0.717) is 5.75 Å². The summed E-state index contributed by atoms with van der Waals surface area (Å²) in [5.41, 5.74) is 6.63.